The van der Waals surface area contributed by atoms with Crippen LogP contribution in [0.1, 0.15) is 82.7 Å². The molecule has 1 heterocycles. The van der Waals surface area contributed by atoms with Crippen molar-refractivity contribution in [3.8, 4) is 11.5 Å². The summed E-state index contributed by atoms with van der Waals surface area (Å²) < 4.78 is 12.1. The van der Waals surface area contributed by atoms with E-state index in [0.717, 1.165) is 92.8 Å². The predicted molar refractivity (Wildman–Crippen MR) is 157 cm³/mol. The molecule has 0 amide bonds. The monoisotopic (exact) mass is 557 g/mol. The zero-order chi connectivity index (χ0) is 28.6. The number of aromatic carboxylic acids is 1. The normalized spacial score (nSPS) is 16.0. The van der Waals surface area contributed by atoms with Gasteiger partial charge in [-0.1, -0.05) is 30.3 Å². The van der Waals surface area contributed by atoms with E-state index in [1.54, 1.807) is 6.07 Å². The molecular weight excluding hydrogens is 518 g/mol. The van der Waals surface area contributed by atoms with Crippen molar-refractivity contribution in [2.75, 3.05) is 19.7 Å². The maximum Gasteiger partial charge on any atom is 0.335 e. The molecule has 1 aliphatic carbocycles. The standard InChI is InChI=1S/C34H39NO6/c36-33(37)12-3-4-18-35(30-10-5-8-26-22-28(34(38)39)14-15-29(26)30)19-17-25-7-1-2-11-31(25)41-23-24-13-16-32-27(21-24)9-6-20-40-32/h1-2,7,11,13-16,21-22,30H,3-6,8-10,12,17-20,23H2,(H,36,37)(H,38,39). The molecule has 0 saturated heterocycles. The number of para-hydroxylation sites is 1. The minimum absolute atomic E-state index is 0.169. The third-order valence-electron chi connectivity index (χ3n) is 8.21. The van der Waals surface area contributed by atoms with E-state index in [2.05, 4.69) is 23.1 Å². The highest BCUT2D eigenvalue weighted by atomic mass is 16.5. The molecule has 3 aromatic carbocycles. The Bertz CT molecular complexity index is 1370. The fourth-order valence-corrected chi connectivity index (χ4v) is 6.10. The van der Waals surface area contributed by atoms with Gasteiger partial charge in [-0.25, -0.2) is 4.79 Å². The van der Waals surface area contributed by atoms with Gasteiger partial charge in [0.2, 0.25) is 0 Å². The molecule has 0 radical (unpaired) electrons. The number of aliphatic carboxylic acids is 1. The summed E-state index contributed by atoms with van der Waals surface area (Å²) in [5, 5.41) is 18.6. The largest absolute Gasteiger partial charge is 0.493 e. The lowest BCUT2D eigenvalue weighted by Gasteiger charge is -2.36. The number of ether oxygens (including phenoxy) is 2. The average Bonchev–Trinajstić information content (AvgIpc) is 2.99. The highest BCUT2D eigenvalue weighted by molar-refractivity contribution is 5.88. The molecular formula is C34H39NO6. The molecule has 7 heteroatoms. The molecule has 5 rings (SSSR count). The van der Waals surface area contributed by atoms with E-state index < -0.39 is 11.9 Å². The Balaban J connectivity index is 1.29. The van der Waals surface area contributed by atoms with Crippen molar-refractivity contribution in [1.82, 2.24) is 4.90 Å². The first kappa shape index (κ1) is 28.7. The number of benzene rings is 3. The van der Waals surface area contributed by atoms with E-state index in [-0.39, 0.29) is 12.5 Å². The average molecular weight is 558 g/mol. The quantitative estimate of drug-likeness (QED) is 0.233. The highest BCUT2D eigenvalue weighted by Crippen LogP contribution is 2.36. The number of nitrogens with zero attached hydrogens (tertiary/aromatic N) is 1. The maximum absolute atomic E-state index is 11.6. The molecule has 1 unspecified atom stereocenters. The molecule has 216 valence electrons. The molecule has 3 aromatic rings. The van der Waals surface area contributed by atoms with Gasteiger partial charge in [-0.05, 0) is 116 Å². The highest BCUT2D eigenvalue weighted by Gasteiger charge is 2.27. The summed E-state index contributed by atoms with van der Waals surface area (Å²) in [6.45, 7) is 2.86. The number of carbonyl (C=O) groups is 2. The Morgan fingerprint density at radius 3 is 2.63 bits per heavy atom. The molecule has 2 N–H and O–H groups in total. The summed E-state index contributed by atoms with van der Waals surface area (Å²) in [5.41, 5.74) is 6.14. The number of carboxylic acid groups (broad SMARTS) is 2. The lowest BCUT2D eigenvalue weighted by Crippen LogP contribution is -2.34. The van der Waals surface area contributed by atoms with Gasteiger partial charge in [0, 0.05) is 19.0 Å². The van der Waals surface area contributed by atoms with Crippen molar-refractivity contribution in [3.63, 3.8) is 0 Å². The minimum atomic E-state index is -0.902. The van der Waals surface area contributed by atoms with E-state index in [1.165, 1.54) is 11.1 Å². The van der Waals surface area contributed by atoms with Gasteiger partial charge in [-0.3, -0.25) is 9.69 Å². The Morgan fingerprint density at radius 1 is 0.927 bits per heavy atom. The number of hydrogen-bond donors (Lipinski definition) is 2. The number of rotatable bonds is 13. The van der Waals surface area contributed by atoms with E-state index in [0.29, 0.717) is 18.6 Å². The molecule has 7 nitrogen and oxygen atoms in total. The van der Waals surface area contributed by atoms with Gasteiger partial charge < -0.3 is 19.7 Å². The molecule has 1 aliphatic heterocycles. The summed E-state index contributed by atoms with van der Waals surface area (Å²) >= 11 is 0. The van der Waals surface area contributed by atoms with Gasteiger partial charge in [-0.15, -0.1) is 0 Å². The summed E-state index contributed by atoms with van der Waals surface area (Å²) in [7, 11) is 0. The Hall–Kier alpha value is -3.84. The van der Waals surface area contributed by atoms with Crippen LogP contribution in [-0.4, -0.2) is 46.7 Å². The summed E-state index contributed by atoms with van der Waals surface area (Å²) in [6, 6.07) is 20.2. The fourth-order valence-electron chi connectivity index (χ4n) is 6.10. The maximum atomic E-state index is 11.6. The first-order valence-electron chi connectivity index (χ1n) is 14.7. The molecule has 0 fully saturated rings. The van der Waals surface area contributed by atoms with Crippen LogP contribution in [0.5, 0.6) is 11.5 Å². The van der Waals surface area contributed by atoms with E-state index in [9.17, 15) is 14.7 Å². The van der Waals surface area contributed by atoms with Crippen LogP contribution >= 0.6 is 0 Å². The number of fused-ring (bicyclic) bond motifs is 2. The second-order valence-corrected chi connectivity index (χ2v) is 11.1. The van der Waals surface area contributed by atoms with Crippen LogP contribution < -0.4 is 9.47 Å². The van der Waals surface area contributed by atoms with Gasteiger partial charge in [0.1, 0.15) is 18.1 Å². The van der Waals surface area contributed by atoms with E-state index >= 15 is 0 Å². The van der Waals surface area contributed by atoms with Crippen LogP contribution in [-0.2, 0) is 30.7 Å². The smallest absolute Gasteiger partial charge is 0.335 e. The second-order valence-electron chi connectivity index (χ2n) is 11.1. The van der Waals surface area contributed by atoms with Gasteiger partial charge in [0.15, 0.2) is 0 Å². The summed E-state index contributed by atoms with van der Waals surface area (Å²) in [6.07, 6.45) is 7.35. The van der Waals surface area contributed by atoms with Crippen molar-refractivity contribution in [2.45, 2.75) is 70.4 Å². The van der Waals surface area contributed by atoms with Gasteiger partial charge in [0.25, 0.3) is 0 Å². The number of unbranched alkanes of at least 4 members (excludes halogenated alkanes) is 1. The van der Waals surface area contributed by atoms with Gasteiger partial charge in [-0.2, -0.15) is 0 Å². The third-order valence-corrected chi connectivity index (χ3v) is 8.21. The number of hydrogen-bond acceptors (Lipinski definition) is 5. The Kier molecular flexibility index (Phi) is 9.57. The summed E-state index contributed by atoms with van der Waals surface area (Å²) in [4.78, 5) is 25.1. The van der Waals surface area contributed by atoms with Crippen molar-refractivity contribution in [1.29, 1.82) is 0 Å². The van der Waals surface area contributed by atoms with Gasteiger partial charge >= 0.3 is 11.9 Å². The van der Waals surface area contributed by atoms with Crippen molar-refractivity contribution >= 4 is 11.9 Å². The molecule has 1 atom stereocenters. The predicted octanol–water partition coefficient (Wildman–Crippen LogP) is 6.47. The van der Waals surface area contributed by atoms with Crippen molar-refractivity contribution in [2.24, 2.45) is 0 Å². The zero-order valence-electron chi connectivity index (χ0n) is 23.5. The summed E-state index contributed by atoms with van der Waals surface area (Å²) in [5.74, 6) is 0.189. The van der Waals surface area contributed by atoms with Crippen LogP contribution in [0.15, 0.2) is 60.7 Å². The molecule has 0 spiro atoms. The van der Waals surface area contributed by atoms with Crippen LogP contribution in [0, 0.1) is 0 Å². The lowest BCUT2D eigenvalue weighted by molar-refractivity contribution is -0.137. The molecule has 0 bridgehead atoms. The lowest BCUT2D eigenvalue weighted by atomic mass is 9.85. The fraction of sp³-hybridized carbons (Fsp3) is 0.412. The third kappa shape index (κ3) is 7.47. The Labute approximate surface area is 241 Å². The second kappa shape index (κ2) is 13.7. The van der Waals surface area contributed by atoms with Crippen molar-refractivity contribution < 1.29 is 29.3 Å². The molecule has 2 aliphatic rings. The van der Waals surface area contributed by atoms with E-state index in [4.69, 9.17) is 14.6 Å². The minimum Gasteiger partial charge on any atom is -0.493 e. The van der Waals surface area contributed by atoms with Crippen LogP contribution in [0.3, 0.4) is 0 Å². The topological polar surface area (TPSA) is 96.3 Å². The first-order chi connectivity index (χ1) is 20.0. The first-order valence-corrected chi connectivity index (χ1v) is 14.7. The van der Waals surface area contributed by atoms with Crippen LogP contribution in [0.2, 0.25) is 0 Å². The van der Waals surface area contributed by atoms with Crippen LogP contribution in [0.25, 0.3) is 0 Å². The van der Waals surface area contributed by atoms with E-state index in [1.807, 2.05) is 36.4 Å². The molecule has 0 saturated carbocycles. The van der Waals surface area contributed by atoms with Gasteiger partial charge in [0.05, 0.1) is 12.2 Å². The number of carboxylic acids is 2. The van der Waals surface area contributed by atoms with Crippen molar-refractivity contribution in [3.05, 3.63) is 94.0 Å². The SMILES string of the molecule is O=C(O)CCCCN(CCc1ccccc1OCc1ccc2c(c1)CCCO2)C1CCCc2cc(C(=O)O)ccc21. The molecule has 0 aromatic heterocycles. The Morgan fingerprint density at radius 2 is 1.78 bits per heavy atom. The number of aryl methyl sites for hydroxylation is 2. The molecule has 41 heavy (non-hydrogen) atoms. The van der Waals surface area contributed by atoms with Crippen LogP contribution in [0.4, 0.5) is 0 Å². The zero-order valence-corrected chi connectivity index (χ0v) is 23.5.